The Morgan fingerprint density at radius 1 is 1.50 bits per heavy atom. The van der Waals surface area contributed by atoms with Gasteiger partial charge in [0, 0.05) is 30.1 Å². The molecular formula is C15H20ClFN2O. The maximum atomic E-state index is 13.8. The molecule has 5 heteroatoms. The van der Waals surface area contributed by atoms with Crippen LogP contribution in [0.5, 0.6) is 0 Å². The first-order valence-corrected chi connectivity index (χ1v) is 7.30. The van der Waals surface area contributed by atoms with E-state index in [2.05, 4.69) is 0 Å². The molecule has 0 heterocycles. The fourth-order valence-corrected chi connectivity index (χ4v) is 3.15. The lowest BCUT2D eigenvalue weighted by Crippen LogP contribution is -2.36. The van der Waals surface area contributed by atoms with Crippen LogP contribution < -0.4 is 5.73 Å². The third kappa shape index (κ3) is 3.13. The van der Waals surface area contributed by atoms with Crippen molar-refractivity contribution in [3.63, 3.8) is 0 Å². The van der Waals surface area contributed by atoms with E-state index in [1.165, 1.54) is 6.07 Å². The molecule has 1 fully saturated rings. The minimum atomic E-state index is -0.376. The normalized spacial score (nSPS) is 22.0. The summed E-state index contributed by atoms with van der Waals surface area (Å²) in [7, 11) is 1.69. The molecule has 1 aromatic rings. The van der Waals surface area contributed by atoms with E-state index in [0.29, 0.717) is 17.1 Å². The first-order chi connectivity index (χ1) is 9.54. The van der Waals surface area contributed by atoms with Crippen molar-refractivity contribution in [2.45, 2.75) is 25.8 Å². The predicted molar refractivity (Wildman–Crippen MR) is 77.8 cm³/mol. The summed E-state index contributed by atoms with van der Waals surface area (Å²) in [6.45, 7) is 0.725. The zero-order valence-corrected chi connectivity index (χ0v) is 12.4. The predicted octanol–water partition coefficient (Wildman–Crippen LogP) is 2.81. The average molecular weight is 299 g/mol. The van der Waals surface area contributed by atoms with Crippen molar-refractivity contribution < 1.29 is 9.18 Å². The summed E-state index contributed by atoms with van der Waals surface area (Å²) < 4.78 is 13.8. The molecule has 0 bridgehead atoms. The molecule has 0 aromatic heterocycles. The molecule has 1 aliphatic carbocycles. The molecule has 1 aliphatic rings. The van der Waals surface area contributed by atoms with Crippen LogP contribution >= 0.6 is 11.6 Å². The van der Waals surface area contributed by atoms with Crippen molar-refractivity contribution in [3.8, 4) is 0 Å². The lowest BCUT2D eigenvalue weighted by atomic mass is 9.94. The highest BCUT2D eigenvalue weighted by atomic mass is 35.5. The number of carbonyl (C=O) groups is 1. The lowest BCUT2D eigenvalue weighted by molar-refractivity contribution is -0.135. The van der Waals surface area contributed by atoms with Gasteiger partial charge in [-0.25, -0.2) is 4.39 Å². The zero-order chi connectivity index (χ0) is 14.7. The van der Waals surface area contributed by atoms with Crippen LogP contribution in [0.3, 0.4) is 0 Å². The van der Waals surface area contributed by atoms with E-state index in [9.17, 15) is 9.18 Å². The number of nitrogens with two attached hydrogens (primary N) is 1. The van der Waals surface area contributed by atoms with E-state index in [4.69, 9.17) is 17.3 Å². The topological polar surface area (TPSA) is 46.3 Å². The van der Waals surface area contributed by atoms with E-state index in [-0.39, 0.29) is 30.1 Å². The fraction of sp³-hybridized carbons (Fsp3) is 0.533. The molecule has 110 valence electrons. The van der Waals surface area contributed by atoms with E-state index < -0.39 is 0 Å². The molecule has 0 saturated heterocycles. The number of hydrogen-bond donors (Lipinski definition) is 1. The Morgan fingerprint density at radius 3 is 2.90 bits per heavy atom. The molecule has 0 radical (unpaired) electrons. The van der Waals surface area contributed by atoms with Crippen LogP contribution in [-0.2, 0) is 11.3 Å². The number of halogens is 2. The van der Waals surface area contributed by atoms with Gasteiger partial charge in [0.1, 0.15) is 5.82 Å². The van der Waals surface area contributed by atoms with Crippen LogP contribution in [0.15, 0.2) is 18.2 Å². The second-order valence-corrected chi connectivity index (χ2v) is 5.83. The molecular weight excluding hydrogens is 279 g/mol. The Hall–Kier alpha value is -1.13. The number of hydrogen-bond acceptors (Lipinski definition) is 2. The molecule has 20 heavy (non-hydrogen) atoms. The molecule has 2 atom stereocenters. The van der Waals surface area contributed by atoms with Crippen molar-refractivity contribution >= 4 is 17.5 Å². The number of rotatable bonds is 4. The largest absolute Gasteiger partial charge is 0.341 e. The lowest BCUT2D eigenvalue weighted by Gasteiger charge is -2.25. The van der Waals surface area contributed by atoms with E-state index in [0.717, 1.165) is 19.3 Å². The Bertz CT molecular complexity index is 475. The van der Waals surface area contributed by atoms with Gasteiger partial charge in [0.25, 0.3) is 0 Å². The monoisotopic (exact) mass is 298 g/mol. The molecule has 0 aliphatic heterocycles. The molecule has 0 unspecified atom stereocenters. The van der Waals surface area contributed by atoms with Gasteiger partial charge in [0.2, 0.25) is 5.91 Å². The van der Waals surface area contributed by atoms with Gasteiger partial charge in [0.05, 0.1) is 0 Å². The van der Waals surface area contributed by atoms with Crippen LogP contribution in [0.2, 0.25) is 5.02 Å². The molecule has 0 spiro atoms. The van der Waals surface area contributed by atoms with Crippen LogP contribution in [0.1, 0.15) is 24.8 Å². The van der Waals surface area contributed by atoms with Crippen molar-refractivity contribution in [1.29, 1.82) is 0 Å². The smallest absolute Gasteiger partial charge is 0.226 e. The number of carbonyl (C=O) groups excluding carboxylic acids is 1. The second kappa shape index (κ2) is 6.55. The van der Waals surface area contributed by atoms with E-state index in [1.54, 1.807) is 24.1 Å². The summed E-state index contributed by atoms with van der Waals surface area (Å²) in [4.78, 5) is 14.0. The highest BCUT2D eigenvalue weighted by Gasteiger charge is 2.33. The molecule has 3 nitrogen and oxygen atoms in total. The summed E-state index contributed by atoms with van der Waals surface area (Å²) in [5.74, 6) is -0.118. The van der Waals surface area contributed by atoms with Crippen molar-refractivity contribution in [1.82, 2.24) is 4.90 Å². The van der Waals surface area contributed by atoms with Gasteiger partial charge in [0.15, 0.2) is 0 Å². The zero-order valence-electron chi connectivity index (χ0n) is 11.6. The minimum Gasteiger partial charge on any atom is -0.341 e. The van der Waals surface area contributed by atoms with Gasteiger partial charge in [-0.3, -0.25) is 4.79 Å². The second-order valence-electron chi connectivity index (χ2n) is 5.43. The third-order valence-corrected chi connectivity index (χ3v) is 4.47. The minimum absolute atomic E-state index is 0.0319. The Kier molecular flexibility index (Phi) is 5.00. The molecule has 1 aromatic carbocycles. The van der Waals surface area contributed by atoms with Crippen molar-refractivity contribution in [2.24, 2.45) is 17.6 Å². The van der Waals surface area contributed by atoms with Gasteiger partial charge in [-0.1, -0.05) is 24.1 Å². The quantitative estimate of drug-likeness (QED) is 0.929. The van der Waals surface area contributed by atoms with Crippen LogP contribution in [0.4, 0.5) is 4.39 Å². The van der Waals surface area contributed by atoms with E-state index >= 15 is 0 Å². The number of nitrogens with zero attached hydrogens (tertiary/aromatic N) is 1. The van der Waals surface area contributed by atoms with Crippen LogP contribution in [0, 0.1) is 17.7 Å². The maximum absolute atomic E-state index is 13.8. The van der Waals surface area contributed by atoms with Gasteiger partial charge in [-0.2, -0.15) is 0 Å². The first kappa shape index (κ1) is 15.3. The van der Waals surface area contributed by atoms with Gasteiger partial charge in [-0.15, -0.1) is 0 Å². The highest BCUT2D eigenvalue weighted by Crippen LogP contribution is 2.32. The molecule has 2 N–H and O–H groups in total. The first-order valence-electron chi connectivity index (χ1n) is 6.92. The van der Waals surface area contributed by atoms with Gasteiger partial charge >= 0.3 is 0 Å². The van der Waals surface area contributed by atoms with Gasteiger partial charge in [-0.05, 0) is 37.4 Å². The molecule has 2 rings (SSSR count). The molecule has 1 saturated carbocycles. The number of benzene rings is 1. The average Bonchev–Trinajstić information content (AvgIpc) is 2.90. The highest BCUT2D eigenvalue weighted by molar-refractivity contribution is 6.31. The standard InChI is InChI=1S/C15H20ClFN2O/c1-19(9-12-13(16)6-3-7-14(12)17)15(20)11-5-2-4-10(11)8-18/h3,6-7,10-11H,2,4-5,8-9,18H2,1H3/t10-,11-/m1/s1. The van der Waals surface area contributed by atoms with Gasteiger partial charge < -0.3 is 10.6 Å². The Balaban J connectivity index is 2.08. The van der Waals surface area contributed by atoms with Crippen LogP contribution in [-0.4, -0.2) is 24.4 Å². The van der Waals surface area contributed by atoms with Crippen molar-refractivity contribution in [2.75, 3.05) is 13.6 Å². The Morgan fingerprint density at radius 2 is 2.25 bits per heavy atom. The number of amides is 1. The molecule has 1 amide bonds. The summed E-state index contributed by atoms with van der Waals surface area (Å²) >= 11 is 6.00. The van der Waals surface area contributed by atoms with Crippen LogP contribution in [0.25, 0.3) is 0 Å². The summed E-state index contributed by atoms with van der Waals surface area (Å²) in [5, 5.41) is 0.353. The SMILES string of the molecule is CN(Cc1c(F)cccc1Cl)C(=O)[C@@H]1CCC[C@@H]1CN. The maximum Gasteiger partial charge on any atom is 0.226 e. The third-order valence-electron chi connectivity index (χ3n) is 4.11. The Labute approximate surface area is 123 Å². The fourth-order valence-electron chi connectivity index (χ4n) is 2.93. The van der Waals surface area contributed by atoms with Crippen molar-refractivity contribution in [3.05, 3.63) is 34.6 Å². The van der Waals surface area contributed by atoms with E-state index in [1.807, 2.05) is 0 Å². The summed E-state index contributed by atoms with van der Waals surface area (Å²) in [6, 6.07) is 4.55. The summed E-state index contributed by atoms with van der Waals surface area (Å²) in [6.07, 6.45) is 2.91. The summed E-state index contributed by atoms with van der Waals surface area (Å²) in [5.41, 5.74) is 6.08.